The van der Waals surface area contributed by atoms with Crippen LogP contribution in [0.25, 0.3) is 11.0 Å². The fraction of sp³-hybridized carbons (Fsp3) is 0.308. The molecule has 19 heavy (non-hydrogen) atoms. The Morgan fingerprint density at radius 3 is 3.05 bits per heavy atom. The summed E-state index contributed by atoms with van der Waals surface area (Å²) in [6.07, 6.45) is 3.75. The highest BCUT2D eigenvalue weighted by Gasteiger charge is 2.22. The molecule has 0 unspecified atom stereocenters. The summed E-state index contributed by atoms with van der Waals surface area (Å²) in [5.41, 5.74) is -0.217. The van der Waals surface area contributed by atoms with Crippen molar-refractivity contribution in [2.75, 3.05) is 13.2 Å². The minimum atomic E-state index is -1.22. The van der Waals surface area contributed by atoms with Gasteiger partial charge in [0.2, 0.25) is 5.43 Å². The zero-order chi connectivity index (χ0) is 13.4. The van der Waals surface area contributed by atoms with Crippen LogP contribution in [0.2, 0.25) is 0 Å². The van der Waals surface area contributed by atoms with Gasteiger partial charge >= 0.3 is 5.97 Å². The van der Waals surface area contributed by atoms with E-state index in [4.69, 9.17) is 9.84 Å². The number of aromatic nitrogens is 2. The number of carboxylic acid groups (broad SMARTS) is 1. The van der Waals surface area contributed by atoms with Crippen LogP contribution in [-0.2, 0) is 4.74 Å². The maximum atomic E-state index is 12.1. The summed E-state index contributed by atoms with van der Waals surface area (Å²) in [7, 11) is 0. The molecule has 3 rings (SSSR count). The summed E-state index contributed by atoms with van der Waals surface area (Å²) < 4.78 is 7.06. The Kier molecular flexibility index (Phi) is 2.79. The van der Waals surface area contributed by atoms with Crippen molar-refractivity contribution in [1.29, 1.82) is 0 Å². The number of hydrogen-bond donors (Lipinski definition) is 1. The van der Waals surface area contributed by atoms with Crippen molar-refractivity contribution < 1.29 is 14.6 Å². The van der Waals surface area contributed by atoms with E-state index in [1.54, 1.807) is 22.9 Å². The number of aromatic carboxylic acids is 1. The van der Waals surface area contributed by atoms with Gasteiger partial charge in [0.1, 0.15) is 11.2 Å². The molecule has 0 aromatic carbocycles. The van der Waals surface area contributed by atoms with Crippen LogP contribution < -0.4 is 5.43 Å². The molecule has 6 nitrogen and oxygen atoms in total. The van der Waals surface area contributed by atoms with Crippen molar-refractivity contribution in [2.45, 2.75) is 12.5 Å². The van der Waals surface area contributed by atoms with Gasteiger partial charge in [-0.05, 0) is 18.6 Å². The average Bonchev–Trinajstić information content (AvgIpc) is 2.93. The third-order valence-electron chi connectivity index (χ3n) is 3.32. The molecule has 1 saturated heterocycles. The molecule has 2 aromatic rings. The summed E-state index contributed by atoms with van der Waals surface area (Å²) in [5, 5.41) is 9.46. The van der Waals surface area contributed by atoms with E-state index in [0.717, 1.165) is 6.42 Å². The number of carbonyl (C=O) groups is 1. The van der Waals surface area contributed by atoms with Gasteiger partial charge in [0.05, 0.1) is 18.0 Å². The molecule has 0 aliphatic carbocycles. The summed E-state index contributed by atoms with van der Waals surface area (Å²) in [5.74, 6) is -1.22. The minimum absolute atomic E-state index is 0.0242. The predicted molar refractivity (Wildman–Crippen MR) is 67.4 cm³/mol. The number of ether oxygens (including phenoxy) is 1. The molecule has 1 fully saturated rings. The standard InChI is InChI=1S/C13H12N2O4/c16-11-9-2-1-4-14-12(9)15(6-10(11)13(17)18)8-3-5-19-7-8/h1-2,4,6,8H,3,5,7H2,(H,17,18)/t8-/m0/s1. The smallest absolute Gasteiger partial charge is 0.341 e. The molecule has 1 atom stereocenters. The molecule has 0 spiro atoms. The molecule has 0 amide bonds. The van der Waals surface area contributed by atoms with E-state index in [2.05, 4.69) is 4.98 Å². The van der Waals surface area contributed by atoms with Crippen molar-refractivity contribution in [2.24, 2.45) is 0 Å². The quantitative estimate of drug-likeness (QED) is 0.873. The molecule has 1 aliphatic rings. The maximum Gasteiger partial charge on any atom is 0.341 e. The number of carboxylic acids is 1. The number of nitrogens with zero attached hydrogens (tertiary/aromatic N) is 2. The molecule has 1 N–H and O–H groups in total. The Hall–Kier alpha value is -2.21. The lowest BCUT2D eigenvalue weighted by atomic mass is 10.1. The zero-order valence-corrected chi connectivity index (χ0v) is 10.1. The highest BCUT2D eigenvalue weighted by atomic mass is 16.5. The lowest BCUT2D eigenvalue weighted by Gasteiger charge is -2.16. The monoisotopic (exact) mass is 260 g/mol. The highest BCUT2D eigenvalue weighted by molar-refractivity contribution is 5.91. The first-order chi connectivity index (χ1) is 9.18. The Balaban J connectivity index is 2.33. The van der Waals surface area contributed by atoms with E-state index >= 15 is 0 Å². The molecule has 2 aromatic heterocycles. The Labute approximate surface area is 108 Å². The summed E-state index contributed by atoms with van der Waals surface area (Å²) >= 11 is 0. The van der Waals surface area contributed by atoms with Gasteiger partial charge in [-0.15, -0.1) is 0 Å². The summed E-state index contributed by atoms with van der Waals surface area (Å²) in [4.78, 5) is 27.4. The topological polar surface area (TPSA) is 81.4 Å². The first-order valence-electron chi connectivity index (χ1n) is 5.99. The van der Waals surface area contributed by atoms with Crippen LogP contribution >= 0.6 is 0 Å². The maximum absolute atomic E-state index is 12.1. The second-order valence-corrected chi connectivity index (χ2v) is 4.48. The Morgan fingerprint density at radius 2 is 2.37 bits per heavy atom. The van der Waals surface area contributed by atoms with E-state index in [9.17, 15) is 9.59 Å². The minimum Gasteiger partial charge on any atom is -0.477 e. The van der Waals surface area contributed by atoms with Crippen LogP contribution in [0.5, 0.6) is 0 Å². The van der Waals surface area contributed by atoms with Crippen molar-refractivity contribution >= 4 is 17.0 Å². The Morgan fingerprint density at radius 1 is 1.53 bits per heavy atom. The molecule has 0 bridgehead atoms. The average molecular weight is 260 g/mol. The molecule has 0 saturated carbocycles. The van der Waals surface area contributed by atoms with E-state index in [-0.39, 0.29) is 11.6 Å². The van der Waals surface area contributed by atoms with Crippen LogP contribution in [0.15, 0.2) is 29.3 Å². The lowest BCUT2D eigenvalue weighted by molar-refractivity contribution is 0.0694. The van der Waals surface area contributed by atoms with Gasteiger partial charge in [-0.3, -0.25) is 4.79 Å². The molecular formula is C13H12N2O4. The van der Waals surface area contributed by atoms with Crippen LogP contribution in [0.3, 0.4) is 0 Å². The fourth-order valence-corrected chi connectivity index (χ4v) is 2.36. The van der Waals surface area contributed by atoms with Gasteiger partial charge < -0.3 is 14.4 Å². The second kappa shape index (κ2) is 4.47. The molecule has 3 heterocycles. The number of fused-ring (bicyclic) bond motifs is 1. The van der Waals surface area contributed by atoms with E-state index in [1.807, 2.05) is 0 Å². The van der Waals surface area contributed by atoms with Gasteiger partial charge in [0.15, 0.2) is 0 Å². The largest absolute Gasteiger partial charge is 0.477 e. The molecular weight excluding hydrogens is 248 g/mol. The van der Waals surface area contributed by atoms with Crippen molar-refractivity contribution in [3.63, 3.8) is 0 Å². The molecule has 0 radical (unpaired) electrons. The molecule has 1 aliphatic heterocycles. The molecule has 6 heteroatoms. The second-order valence-electron chi connectivity index (χ2n) is 4.48. The zero-order valence-electron chi connectivity index (χ0n) is 10.1. The van der Waals surface area contributed by atoms with Crippen LogP contribution in [0.4, 0.5) is 0 Å². The third kappa shape index (κ3) is 1.90. The number of pyridine rings is 2. The van der Waals surface area contributed by atoms with Gasteiger partial charge in [-0.1, -0.05) is 0 Å². The van der Waals surface area contributed by atoms with Crippen LogP contribution in [0.1, 0.15) is 22.8 Å². The summed E-state index contributed by atoms with van der Waals surface area (Å²) in [6.45, 7) is 1.14. The Bertz CT molecular complexity index is 701. The van der Waals surface area contributed by atoms with Gasteiger partial charge in [0.25, 0.3) is 0 Å². The lowest BCUT2D eigenvalue weighted by Crippen LogP contribution is -2.22. The van der Waals surface area contributed by atoms with Gasteiger partial charge in [-0.2, -0.15) is 0 Å². The van der Waals surface area contributed by atoms with E-state index < -0.39 is 11.4 Å². The van der Waals surface area contributed by atoms with Crippen LogP contribution in [-0.4, -0.2) is 33.8 Å². The molecule has 98 valence electrons. The van der Waals surface area contributed by atoms with Gasteiger partial charge in [0, 0.05) is 19.0 Å². The van der Waals surface area contributed by atoms with Crippen molar-refractivity contribution in [1.82, 2.24) is 9.55 Å². The first-order valence-corrected chi connectivity index (χ1v) is 5.99. The normalized spacial score (nSPS) is 18.8. The SMILES string of the molecule is O=C(O)c1cn([C@H]2CCOC2)c2ncccc2c1=O. The van der Waals surface area contributed by atoms with E-state index in [0.29, 0.717) is 24.2 Å². The van der Waals surface area contributed by atoms with Crippen LogP contribution in [0, 0.1) is 0 Å². The highest BCUT2D eigenvalue weighted by Crippen LogP contribution is 2.22. The fourth-order valence-electron chi connectivity index (χ4n) is 2.36. The van der Waals surface area contributed by atoms with Crippen molar-refractivity contribution in [3.05, 3.63) is 40.3 Å². The van der Waals surface area contributed by atoms with E-state index in [1.165, 1.54) is 6.20 Å². The first kappa shape index (κ1) is 11.9. The predicted octanol–water partition coefficient (Wildman–Crippen LogP) is 1.06. The number of hydrogen-bond acceptors (Lipinski definition) is 4. The third-order valence-corrected chi connectivity index (χ3v) is 3.32. The van der Waals surface area contributed by atoms with Crippen molar-refractivity contribution in [3.8, 4) is 0 Å². The van der Waals surface area contributed by atoms with Gasteiger partial charge in [-0.25, -0.2) is 9.78 Å². The summed E-state index contributed by atoms with van der Waals surface area (Å²) in [6, 6.07) is 3.25. The number of rotatable bonds is 2.